The number of nitrogens with one attached hydrogen (secondary N) is 1. The lowest BCUT2D eigenvalue weighted by molar-refractivity contribution is -0.158. The number of hydrogen-bond acceptors (Lipinski definition) is 5. The van der Waals surface area contributed by atoms with E-state index in [0.29, 0.717) is 38.7 Å². The first-order chi connectivity index (χ1) is 20.4. The van der Waals surface area contributed by atoms with E-state index in [-0.39, 0.29) is 12.8 Å². The minimum Gasteiger partial charge on any atom is -0.431 e. The fourth-order valence-corrected chi connectivity index (χ4v) is 5.84. The Hall–Kier alpha value is -3.28. The molecular formula is C31H33BrF5N3O3. The van der Waals surface area contributed by atoms with Gasteiger partial charge >= 0.3 is 12.1 Å². The van der Waals surface area contributed by atoms with Crippen LogP contribution in [0.15, 0.2) is 40.9 Å². The van der Waals surface area contributed by atoms with E-state index in [1.807, 2.05) is 0 Å². The standard InChI is InChI=1S/C31H33BrF5N3O3/c1-3-7-25(34)43-26(41)13-10-19(28-22(31(35,36)37)8-6-9-23(28)33)17-38-30(42)27-18(2)29(40-14-4-5-15-40)39-24-12-11-20(32)16-21(24)27/h6,8-9,11-12,16,19,25H,3-5,7,10,13-15,17H2,1-2H3,(H,38,42). The predicted octanol–water partition coefficient (Wildman–Crippen LogP) is 8.00. The number of anilines is 1. The van der Waals surface area contributed by atoms with Crippen molar-refractivity contribution < 1.29 is 36.3 Å². The van der Waals surface area contributed by atoms with Crippen molar-refractivity contribution >= 4 is 44.5 Å². The van der Waals surface area contributed by atoms with Crippen LogP contribution in [0.1, 0.15) is 78.4 Å². The van der Waals surface area contributed by atoms with Gasteiger partial charge < -0.3 is 15.0 Å². The number of fused-ring (bicyclic) bond motifs is 1. The van der Waals surface area contributed by atoms with Crippen LogP contribution in [0.3, 0.4) is 0 Å². The topological polar surface area (TPSA) is 71.5 Å². The molecule has 4 rings (SSSR count). The third kappa shape index (κ3) is 7.82. The van der Waals surface area contributed by atoms with Crippen molar-refractivity contribution in [3.8, 4) is 0 Å². The fraction of sp³-hybridized carbons (Fsp3) is 0.452. The Morgan fingerprint density at radius 2 is 1.86 bits per heavy atom. The highest BCUT2D eigenvalue weighted by Gasteiger charge is 2.37. The third-order valence-corrected chi connectivity index (χ3v) is 8.04. The molecule has 2 heterocycles. The second kappa shape index (κ2) is 14.0. The van der Waals surface area contributed by atoms with Crippen LogP contribution in [-0.4, -0.2) is 42.9 Å². The van der Waals surface area contributed by atoms with Crippen molar-refractivity contribution in [3.63, 3.8) is 0 Å². The molecule has 1 amide bonds. The minimum atomic E-state index is -4.89. The molecule has 2 unspecified atom stereocenters. The third-order valence-electron chi connectivity index (χ3n) is 7.54. The number of carbonyl (C=O) groups is 2. The molecule has 1 aliphatic rings. The Balaban J connectivity index is 1.67. The Labute approximate surface area is 255 Å². The number of amides is 1. The number of halogens is 6. The molecule has 2 atom stereocenters. The second-order valence-electron chi connectivity index (χ2n) is 10.6. The number of pyridine rings is 1. The molecule has 1 aliphatic heterocycles. The maximum absolute atomic E-state index is 15.0. The van der Waals surface area contributed by atoms with Crippen LogP contribution < -0.4 is 10.2 Å². The van der Waals surface area contributed by atoms with Crippen LogP contribution in [0.2, 0.25) is 0 Å². The molecule has 2 aromatic carbocycles. The number of nitrogens with zero attached hydrogens (tertiary/aromatic N) is 2. The highest BCUT2D eigenvalue weighted by atomic mass is 79.9. The van der Waals surface area contributed by atoms with Gasteiger partial charge in [0.15, 0.2) is 0 Å². The second-order valence-corrected chi connectivity index (χ2v) is 11.5. The molecule has 0 radical (unpaired) electrons. The Kier molecular flexibility index (Phi) is 10.6. The van der Waals surface area contributed by atoms with E-state index >= 15 is 4.39 Å². The van der Waals surface area contributed by atoms with Gasteiger partial charge in [0.25, 0.3) is 5.91 Å². The van der Waals surface area contributed by atoms with E-state index in [0.717, 1.165) is 44.1 Å². The fourth-order valence-electron chi connectivity index (χ4n) is 5.48. The van der Waals surface area contributed by atoms with Crippen molar-refractivity contribution in [1.29, 1.82) is 0 Å². The summed E-state index contributed by atoms with van der Waals surface area (Å²) in [7, 11) is 0. The summed E-state index contributed by atoms with van der Waals surface area (Å²) >= 11 is 3.42. The van der Waals surface area contributed by atoms with Gasteiger partial charge in [0.05, 0.1) is 16.6 Å². The molecule has 3 aromatic rings. The lowest BCUT2D eigenvalue weighted by atomic mass is 9.89. The average molecular weight is 671 g/mol. The van der Waals surface area contributed by atoms with E-state index in [2.05, 4.69) is 26.1 Å². The van der Waals surface area contributed by atoms with Gasteiger partial charge in [-0.05, 0) is 62.9 Å². The quantitative estimate of drug-likeness (QED) is 0.166. The zero-order valence-electron chi connectivity index (χ0n) is 23.9. The molecule has 1 fully saturated rings. The molecule has 1 aromatic heterocycles. The van der Waals surface area contributed by atoms with Crippen molar-refractivity contribution in [3.05, 3.63) is 68.9 Å². The number of esters is 1. The summed E-state index contributed by atoms with van der Waals surface area (Å²) in [5.41, 5.74) is -0.403. The molecule has 232 valence electrons. The van der Waals surface area contributed by atoms with Gasteiger partial charge in [-0.25, -0.2) is 13.8 Å². The summed E-state index contributed by atoms with van der Waals surface area (Å²) < 4.78 is 76.2. The molecule has 0 bridgehead atoms. The smallest absolute Gasteiger partial charge is 0.416 e. The summed E-state index contributed by atoms with van der Waals surface area (Å²) in [5.74, 6) is -3.27. The largest absolute Gasteiger partial charge is 0.431 e. The van der Waals surface area contributed by atoms with Crippen molar-refractivity contribution in [2.75, 3.05) is 24.5 Å². The van der Waals surface area contributed by atoms with Crippen LogP contribution in [0.5, 0.6) is 0 Å². The van der Waals surface area contributed by atoms with Gasteiger partial charge in [0.2, 0.25) is 6.36 Å². The van der Waals surface area contributed by atoms with Crippen molar-refractivity contribution in [2.24, 2.45) is 0 Å². The zero-order valence-corrected chi connectivity index (χ0v) is 25.5. The van der Waals surface area contributed by atoms with Gasteiger partial charge in [-0.15, -0.1) is 0 Å². The van der Waals surface area contributed by atoms with Gasteiger partial charge in [-0.3, -0.25) is 9.59 Å². The molecule has 12 heteroatoms. The number of aromatic nitrogens is 1. The molecule has 43 heavy (non-hydrogen) atoms. The molecule has 0 saturated carbocycles. The maximum atomic E-state index is 15.0. The number of ether oxygens (including phenoxy) is 1. The number of benzene rings is 2. The highest BCUT2D eigenvalue weighted by molar-refractivity contribution is 9.10. The van der Waals surface area contributed by atoms with Crippen molar-refractivity contribution in [2.45, 2.75) is 70.8 Å². The summed E-state index contributed by atoms with van der Waals surface area (Å²) in [6, 6.07) is 7.92. The van der Waals surface area contributed by atoms with Crippen LogP contribution in [0.4, 0.5) is 27.8 Å². The van der Waals surface area contributed by atoms with E-state index in [1.165, 1.54) is 0 Å². The zero-order chi connectivity index (χ0) is 31.3. The Morgan fingerprint density at radius 1 is 1.14 bits per heavy atom. The number of alkyl halides is 4. The molecule has 1 N–H and O–H groups in total. The van der Waals surface area contributed by atoms with Gasteiger partial charge in [-0.1, -0.05) is 28.9 Å². The minimum absolute atomic E-state index is 0.0223. The van der Waals surface area contributed by atoms with Crippen LogP contribution in [0, 0.1) is 12.7 Å². The average Bonchev–Trinajstić information content (AvgIpc) is 3.47. The number of hydrogen-bond donors (Lipinski definition) is 1. The summed E-state index contributed by atoms with van der Waals surface area (Å²) in [6.07, 6.45) is -5.16. The first-order valence-corrected chi connectivity index (χ1v) is 15.0. The van der Waals surface area contributed by atoms with Crippen LogP contribution in [-0.2, 0) is 15.7 Å². The Bertz CT molecular complexity index is 1480. The first kappa shape index (κ1) is 32.6. The Morgan fingerprint density at radius 3 is 2.53 bits per heavy atom. The molecule has 6 nitrogen and oxygen atoms in total. The lowest BCUT2D eigenvalue weighted by Gasteiger charge is -2.24. The number of rotatable bonds is 11. The monoisotopic (exact) mass is 669 g/mol. The molecular weight excluding hydrogens is 637 g/mol. The summed E-state index contributed by atoms with van der Waals surface area (Å²) in [4.78, 5) is 33.0. The molecule has 0 spiro atoms. The number of carbonyl (C=O) groups excluding carboxylic acids is 2. The van der Waals surface area contributed by atoms with Crippen molar-refractivity contribution in [1.82, 2.24) is 10.3 Å². The highest BCUT2D eigenvalue weighted by Crippen LogP contribution is 2.38. The van der Waals surface area contributed by atoms with Crippen LogP contribution >= 0.6 is 15.9 Å². The van der Waals surface area contributed by atoms with E-state index in [9.17, 15) is 27.2 Å². The van der Waals surface area contributed by atoms with Crippen LogP contribution in [0.25, 0.3) is 10.9 Å². The normalized spacial score (nSPS) is 15.0. The van der Waals surface area contributed by atoms with E-state index in [1.54, 1.807) is 32.0 Å². The first-order valence-electron chi connectivity index (χ1n) is 14.2. The summed E-state index contributed by atoms with van der Waals surface area (Å²) in [5, 5.41) is 3.24. The molecule has 0 aliphatic carbocycles. The van der Waals surface area contributed by atoms with E-state index < -0.39 is 60.2 Å². The van der Waals surface area contributed by atoms with E-state index in [4.69, 9.17) is 9.72 Å². The lowest BCUT2D eigenvalue weighted by Crippen LogP contribution is -2.32. The van der Waals surface area contributed by atoms with Gasteiger partial charge in [0, 0.05) is 59.4 Å². The predicted molar refractivity (Wildman–Crippen MR) is 157 cm³/mol. The SMILES string of the molecule is CCCC(F)OC(=O)CCC(CNC(=O)c1c(C)c(N2CCCC2)nc2ccc(Br)cc12)c1c(F)cccc1C(F)(F)F. The maximum Gasteiger partial charge on any atom is 0.416 e. The van der Waals surface area contributed by atoms with Gasteiger partial charge in [0.1, 0.15) is 11.6 Å². The molecule has 1 saturated heterocycles. The van der Waals surface area contributed by atoms with Gasteiger partial charge in [-0.2, -0.15) is 13.2 Å². The summed E-state index contributed by atoms with van der Waals surface area (Å²) in [6.45, 7) is 4.61.